The Morgan fingerprint density at radius 2 is 2.15 bits per heavy atom. The van der Waals surface area contributed by atoms with Crippen molar-refractivity contribution in [3.63, 3.8) is 0 Å². The van der Waals surface area contributed by atoms with Gasteiger partial charge in [0, 0.05) is 12.6 Å². The van der Waals surface area contributed by atoms with Gasteiger partial charge >= 0.3 is 0 Å². The lowest BCUT2D eigenvalue weighted by molar-refractivity contribution is 0.294. The first-order valence-electron chi connectivity index (χ1n) is 7.44. The summed E-state index contributed by atoms with van der Waals surface area (Å²) in [6.07, 6.45) is 5.84. The average molecular weight is 275 g/mol. The number of hydrogen-bond donors (Lipinski definition) is 1. The van der Waals surface area contributed by atoms with E-state index in [1.807, 2.05) is 12.1 Å². The molecule has 3 nitrogen and oxygen atoms in total. The van der Waals surface area contributed by atoms with Gasteiger partial charge in [-0.15, -0.1) is 0 Å². The maximum atomic E-state index is 5.67. The van der Waals surface area contributed by atoms with Gasteiger partial charge in [0.25, 0.3) is 0 Å². The van der Waals surface area contributed by atoms with Crippen LogP contribution in [-0.2, 0) is 0 Å². The Hall–Kier alpha value is -1.48. The summed E-state index contributed by atoms with van der Waals surface area (Å²) >= 11 is 0. The number of ether oxygens (including phenoxy) is 2. The molecule has 1 aromatic rings. The Kier molecular flexibility index (Phi) is 5.48. The summed E-state index contributed by atoms with van der Waals surface area (Å²) in [6.45, 7) is 5.93. The van der Waals surface area contributed by atoms with Crippen molar-refractivity contribution in [3.05, 3.63) is 29.3 Å². The molecule has 1 N–H and O–H groups in total. The van der Waals surface area contributed by atoms with Crippen molar-refractivity contribution in [1.29, 1.82) is 0 Å². The smallest absolute Gasteiger partial charge is 0.161 e. The molecule has 0 unspecified atom stereocenters. The molecule has 0 amide bonds. The van der Waals surface area contributed by atoms with Crippen molar-refractivity contribution in [2.75, 3.05) is 20.3 Å². The van der Waals surface area contributed by atoms with Crippen LogP contribution in [0.3, 0.4) is 0 Å². The molecule has 0 bridgehead atoms. The van der Waals surface area contributed by atoms with Crippen LogP contribution in [0.5, 0.6) is 11.5 Å². The van der Waals surface area contributed by atoms with Gasteiger partial charge in [-0.2, -0.15) is 0 Å². The van der Waals surface area contributed by atoms with E-state index in [0.717, 1.165) is 42.7 Å². The van der Waals surface area contributed by atoms with Crippen LogP contribution in [0.25, 0.3) is 6.08 Å². The molecule has 20 heavy (non-hydrogen) atoms. The lowest BCUT2D eigenvalue weighted by atomic mass is 10.1. The molecular formula is C17H25NO2. The van der Waals surface area contributed by atoms with E-state index in [0.29, 0.717) is 0 Å². The predicted molar refractivity (Wildman–Crippen MR) is 83.5 cm³/mol. The van der Waals surface area contributed by atoms with Gasteiger partial charge in [0.15, 0.2) is 11.5 Å². The minimum Gasteiger partial charge on any atom is -0.493 e. The molecule has 1 aromatic carbocycles. The fourth-order valence-electron chi connectivity index (χ4n) is 2.03. The molecule has 1 aliphatic rings. The Balaban J connectivity index is 2.01. The molecule has 0 aromatic heterocycles. The molecule has 0 radical (unpaired) electrons. The van der Waals surface area contributed by atoms with Crippen LogP contribution in [-0.4, -0.2) is 26.3 Å². The number of hydrogen-bond acceptors (Lipinski definition) is 3. The number of benzene rings is 1. The normalized spacial score (nSPS) is 15.2. The Bertz CT molecular complexity index is 464. The fraction of sp³-hybridized carbons (Fsp3) is 0.529. The first-order chi connectivity index (χ1) is 9.72. The fourth-order valence-corrected chi connectivity index (χ4v) is 2.03. The Morgan fingerprint density at radius 1 is 1.35 bits per heavy atom. The molecule has 110 valence electrons. The predicted octanol–water partition coefficient (Wildman–Crippen LogP) is 3.64. The van der Waals surface area contributed by atoms with Crippen molar-refractivity contribution in [2.24, 2.45) is 0 Å². The van der Waals surface area contributed by atoms with Gasteiger partial charge in [0.05, 0.1) is 13.7 Å². The number of rotatable bonds is 8. The standard InChI is InChI=1S/C17H25NO2/c1-4-9-20-16-8-5-14(11-17(16)19-3)10-13(2)12-18-15-6-7-15/h5,8,10-11,15,18H,4,6-7,9,12H2,1-3H3. The van der Waals surface area contributed by atoms with E-state index in [9.17, 15) is 0 Å². The first kappa shape index (κ1) is 14.9. The zero-order valence-electron chi connectivity index (χ0n) is 12.7. The third-order valence-corrected chi connectivity index (χ3v) is 3.31. The Labute approximate surface area is 122 Å². The molecule has 0 saturated heterocycles. The van der Waals surface area contributed by atoms with Crippen LogP contribution in [0, 0.1) is 0 Å². The van der Waals surface area contributed by atoms with E-state index in [2.05, 4.69) is 31.3 Å². The zero-order valence-corrected chi connectivity index (χ0v) is 12.7. The molecule has 1 fully saturated rings. The third-order valence-electron chi connectivity index (χ3n) is 3.31. The van der Waals surface area contributed by atoms with Gasteiger partial charge in [0.2, 0.25) is 0 Å². The minimum absolute atomic E-state index is 0.718. The lowest BCUT2D eigenvalue weighted by Crippen LogP contribution is -2.18. The third kappa shape index (κ3) is 4.57. The highest BCUT2D eigenvalue weighted by Gasteiger charge is 2.19. The highest BCUT2D eigenvalue weighted by Crippen LogP contribution is 2.29. The number of nitrogens with one attached hydrogen (secondary N) is 1. The van der Waals surface area contributed by atoms with Crippen LogP contribution >= 0.6 is 0 Å². The van der Waals surface area contributed by atoms with E-state index in [1.54, 1.807) is 7.11 Å². The molecule has 0 atom stereocenters. The SMILES string of the molecule is CCCOc1ccc(C=C(C)CNC2CC2)cc1OC. The van der Waals surface area contributed by atoms with Crippen molar-refractivity contribution < 1.29 is 9.47 Å². The van der Waals surface area contributed by atoms with Crippen molar-refractivity contribution in [1.82, 2.24) is 5.32 Å². The van der Waals surface area contributed by atoms with E-state index >= 15 is 0 Å². The summed E-state index contributed by atoms with van der Waals surface area (Å²) in [5.74, 6) is 1.62. The van der Waals surface area contributed by atoms with Crippen LogP contribution in [0.15, 0.2) is 23.8 Å². The minimum atomic E-state index is 0.718. The quantitative estimate of drug-likeness (QED) is 0.785. The second kappa shape index (κ2) is 7.34. The monoisotopic (exact) mass is 275 g/mol. The van der Waals surface area contributed by atoms with Gasteiger partial charge in [-0.25, -0.2) is 0 Å². The van der Waals surface area contributed by atoms with Crippen LogP contribution in [0.1, 0.15) is 38.7 Å². The van der Waals surface area contributed by atoms with Gasteiger partial charge in [0.1, 0.15) is 0 Å². The first-order valence-corrected chi connectivity index (χ1v) is 7.44. The molecule has 3 heteroatoms. The summed E-state index contributed by atoms with van der Waals surface area (Å²) in [4.78, 5) is 0. The van der Waals surface area contributed by atoms with E-state index in [-0.39, 0.29) is 0 Å². The van der Waals surface area contributed by atoms with Crippen molar-refractivity contribution in [3.8, 4) is 11.5 Å². The zero-order chi connectivity index (χ0) is 14.4. The summed E-state index contributed by atoms with van der Waals surface area (Å²) in [5.41, 5.74) is 2.49. The average Bonchev–Trinajstić information content (AvgIpc) is 3.27. The van der Waals surface area contributed by atoms with E-state index in [4.69, 9.17) is 9.47 Å². The second-order valence-corrected chi connectivity index (χ2v) is 5.40. The highest BCUT2D eigenvalue weighted by atomic mass is 16.5. The van der Waals surface area contributed by atoms with Crippen molar-refractivity contribution >= 4 is 6.08 Å². The number of methoxy groups -OCH3 is 1. The molecule has 0 heterocycles. The van der Waals surface area contributed by atoms with Gasteiger partial charge in [-0.05, 0) is 43.9 Å². The largest absolute Gasteiger partial charge is 0.493 e. The Morgan fingerprint density at radius 3 is 2.80 bits per heavy atom. The maximum Gasteiger partial charge on any atom is 0.161 e. The molecular weight excluding hydrogens is 250 g/mol. The highest BCUT2D eigenvalue weighted by molar-refractivity contribution is 5.58. The van der Waals surface area contributed by atoms with E-state index in [1.165, 1.54) is 18.4 Å². The molecule has 0 spiro atoms. The molecule has 1 saturated carbocycles. The molecule has 2 rings (SSSR count). The lowest BCUT2D eigenvalue weighted by Gasteiger charge is -2.11. The van der Waals surface area contributed by atoms with Crippen molar-refractivity contribution in [2.45, 2.75) is 39.2 Å². The van der Waals surface area contributed by atoms with Gasteiger partial charge in [-0.3, -0.25) is 0 Å². The van der Waals surface area contributed by atoms with Gasteiger partial charge < -0.3 is 14.8 Å². The van der Waals surface area contributed by atoms with Crippen LogP contribution in [0.4, 0.5) is 0 Å². The van der Waals surface area contributed by atoms with Crippen LogP contribution in [0.2, 0.25) is 0 Å². The summed E-state index contributed by atoms with van der Waals surface area (Å²) in [5, 5.41) is 3.52. The second-order valence-electron chi connectivity index (χ2n) is 5.40. The van der Waals surface area contributed by atoms with Crippen LogP contribution < -0.4 is 14.8 Å². The van der Waals surface area contributed by atoms with E-state index < -0.39 is 0 Å². The van der Waals surface area contributed by atoms with Gasteiger partial charge in [-0.1, -0.05) is 24.6 Å². The summed E-state index contributed by atoms with van der Waals surface area (Å²) in [7, 11) is 1.68. The maximum absolute atomic E-state index is 5.67. The molecule has 1 aliphatic carbocycles. The summed E-state index contributed by atoms with van der Waals surface area (Å²) < 4.78 is 11.1. The summed E-state index contributed by atoms with van der Waals surface area (Å²) in [6, 6.07) is 6.85. The topological polar surface area (TPSA) is 30.5 Å². The molecule has 0 aliphatic heterocycles.